The molecule has 0 aromatic heterocycles. The Morgan fingerprint density at radius 3 is 2.28 bits per heavy atom. The summed E-state index contributed by atoms with van der Waals surface area (Å²) in [6, 6.07) is -0.190. The lowest BCUT2D eigenvalue weighted by molar-refractivity contribution is -0.144. The molecule has 0 aromatic rings. The molecular weight excluding hydrogens is 252 g/mol. The highest BCUT2D eigenvalue weighted by atomic mass is 32.2. The number of carbonyl (C=O) groups is 2. The third-order valence-electron chi connectivity index (χ3n) is 3.53. The standard InChI is InChI=1S/C12H22N2O3S/c1-3-12(4-2,10(15)16)14-11(17)13-9-5-7-18-8-6-9/h9H,3-8H2,1-2H3,(H,15,16)(H2,13,14,17). The van der Waals surface area contributed by atoms with E-state index < -0.39 is 11.5 Å². The van der Waals surface area contributed by atoms with E-state index in [-0.39, 0.29) is 12.1 Å². The van der Waals surface area contributed by atoms with Crippen LogP contribution >= 0.6 is 11.8 Å². The Bertz CT molecular complexity index is 300. The van der Waals surface area contributed by atoms with Crippen LogP contribution < -0.4 is 10.6 Å². The Morgan fingerprint density at radius 1 is 1.28 bits per heavy atom. The maximum Gasteiger partial charge on any atom is 0.329 e. The van der Waals surface area contributed by atoms with E-state index in [4.69, 9.17) is 0 Å². The zero-order valence-electron chi connectivity index (χ0n) is 11.0. The molecule has 0 bridgehead atoms. The number of carboxylic acids is 1. The van der Waals surface area contributed by atoms with E-state index in [0.29, 0.717) is 12.8 Å². The van der Waals surface area contributed by atoms with Gasteiger partial charge in [-0.05, 0) is 37.2 Å². The molecule has 104 valence electrons. The Morgan fingerprint density at radius 2 is 1.83 bits per heavy atom. The summed E-state index contributed by atoms with van der Waals surface area (Å²) < 4.78 is 0. The molecule has 2 amide bonds. The number of rotatable bonds is 5. The molecule has 6 heteroatoms. The molecule has 1 fully saturated rings. The second-order valence-corrected chi connectivity index (χ2v) is 5.80. The van der Waals surface area contributed by atoms with Gasteiger partial charge in [-0.25, -0.2) is 9.59 Å². The highest BCUT2D eigenvalue weighted by Gasteiger charge is 2.36. The molecule has 1 saturated heterocycles. The van der Waals surface area contributed by atoms with Crippen molar-refractivity contribution in [2.24, 2.45) is 0 Å². The molecule has 0 aromatic carbocycles. The molecular formula is C12H22N2O3S. The largest absolute Gasteiger partial charge is 0.480 e. The monoisotopic (exact) mass is 274 g/mol. The van der Waals surface area contributed by atoms with E-state index in [2.05, 4.69) is 10.6 Å². The minimum Gasteiger partial charge on any atom is -0.480 e. The number of thioether (sulfide) groups is 1. The molecule has 1 heterocycles. The van der Waals surface area contributed by atoms with Crippen LogP contribution in [0.25, 0.3) is 0 Å². The van der Waals surface area contributed by atoms with Gasteiger partial charge >= 0.3 is 12.0 Å². The van der Waals surface area contributed by atoms with Gasteiger partial charge in [0.05, 0.1) is 0 Å². The van der Waals surface area contributed by atoms with Gasteiger partial charge in [0.1, 0.15) is 5.54 Å². The minimum atomic E-state index is -1.15. The lowest BCUT2D eigenvalue weighted by Gasteiger charge is -2.30. The molecule has 0 spiro atoms. The van der Waals surface area contributed by atoms with Crippen molar-refractivity contribution in [1.29, 1.82) is 0 Å². The summed E-state index contributed by atoms with van der Waals surface area (Å²) in [5.41, 5.74) is -1.15. The third kappa shape index (κ3) is 3.80. The molecule has 3 N–H and O–H groups in total. The van der Waals surface area contributed by atoms with Crippen LogP contribution in [0.3, 0.4) is 0 Å². The lowest BCUT2D eigenvalue weighted by Crippen LogP contribution is -2.58. The highest BCUT2D eigenvalue weighted by molar-refractivity contribution is 7.99. The van der Waals surface area contributed by atoms with Crippen molar-refractivity contribution in [3.05, 3.63) is 0 Å². The van der Waals surface area contributed by atoms with Crippen molar-refractivity contribution in [2.75, 3.05) is 11.5 Å². The molecule has 1 rings (SSSR count). The molecule has 0 saturated carbocycles. The summed E-state index contributed by atoms with van der Waals surface area (Å²) in [6.07, 6.45) is 2.67. The SMILES string of the molecule is CCC(CC)(NC(=O)NC1CCSCC1)C(=O)O. The Kier molecular flexibility index (Phi) is 5.78. The fraction of sp³-hybridized carbons (Fsp3) is 0.833. The molecule has 0 atom stereocenters. The van der Waals surface area contributed by atoms with Gasteiger partial charge in [0.25, 0.3) is 0 Å². The number of hydrogen-bond acceptors (Lipinski definition) is 3. The average Bonchev–Trinajstić information content (AvgIpc) is 2.37. The van der Waals surface area contributed by atoms with E-state index in [1.165, 1.54) is 0 Å². The van der Waals surface area contributed by atoms with Crippen molar-refractivity contribution in [3.8, 4) is 0 Å². The van der Waals surface area contributed by atoms with Crippen LogP contribution in [-0.2, 0) is 4.79 Å². The average molecular weight is 274 g/mol. The maximum atomic E-state index is 11.9. The van der Waals surface area contributed by atoms with Gasteiger partial charge in [-0.2, -0.15) is 11.8 Å². The number of carboxylic acid groups (broad SMARTS) is 1. The first-order chi connectivity index (χ1) is 8.54. The summed E-state index contributed by atoms with van der Waals surface area (Å²) >= 11 is 1.89. The maximum absolute atomic E-state index is 11.9. The van der Waals surface area contributed by atoms with Crippen LogP contribution in [-0.4, -0.2) is 40.2 Å². The Hall–Kier alpha value is -0.910. The topological polar surface area (TPSA) is 78.4 Å². The van der Waals surface area contributed by atoms with Gasteiger partial charge in [0, 0.05) is 6.04 Å². The number of amides is 2. The van der Waals surface area contributed by atoms with Crippen molar-refractivity contribution in [2.45, 2.75) is 51.1 Å². The summed E-state index contributed by atoms with van der Waals surface area (Å²) in [5, 5.41) is 14.7. The zero-order valence-corrected chi connectivity index (χ0v) is 11.8. The number of hydrogen-bond donors (Lipinski definition) is 3. The summed E-state index contributed by atoms with van der Waals surface area (Å²) in [5.74, 6) is 1.13. The van der Waals surface area contributed by atoms with Gasteiger partial charge in [0.15, 0.2) is 0 Å². The normalized spacial score (nSPS) is 17.2. The van der Waals surface area contributed by atoms with E-state index >= 15 is 0 Å². The second kappa shape index (κ2) is 6.87. The van der Waals surface area contributed by atoms with Crippen LogP contribution in [0.4, 0.5) is 4.79 Å². The molecule has 0 aliphatic carbocycles. The number of carbonyl (C=O) groups excluding carboxylic acids is 1. The summed E-state index contributed by atoms with van der Waals surface area (Å²) in [6.45, 7) is 3.55. The molecule has 0 radical (unpaired) electrons. The number of urea groups is 1. The van der Waals surface area contributed by atoms with Crippen molar-refractivity contribution in [1.82, 2.24) is 10.6 Å². The zero-order chi connectivity index (χ0) is 13.6. The predicted molar refractivity (Wildman–Crippen MR) is 73.0 cm³/mol. The number of nitrogens with one attached hydrogen (secondary N) is 2. The van der Waals surface area contributed by atoms with Gasteiger partial charge in [0.2, 0.25) is 0 Å². The Labute approximate surface area is 112 Å². The first-order valence-corrected chi connectivity index (χ1v) is 7.59. The first kappa shape index (κ1) is 15.1. The van der Waals surface area contributed by atoms with Crippen molar-refractivity contribution >= 4 is 23.8 Å². The van der Waals surface area contributed by atoms with E-state index in [1.54, 1.807) is 13.8 Å². The van der Waals surface area contributed by atoms with Gasteiger partial charge < -0.3 is 15.7 Å². The summed E-state index contributed by atoms with van der Waals surface area (Å²) in [4.78, 5) is 23.1. The molecule has 0 unspecified atom stereocenters. The molecule has 5 nitrogen and oxygen atoms in total. The van der Waals surface area contributed by atoms with Crippen LogP contribution in [0.2, 0.25) is 0 Å². The van der Waals surface area contributed by atoms with Crippen LogP contribution in [0.1, 0.15) is 39.5 Å². The minimum absolute atomic E-state index is 0.173. The molecule has 1 aliphatic heterocycles. The van der Waals surface area contributed by atoms with Crippen molar-refractivity contribution < 1.29 is 14.7 Å². The lowest BCUT2D eigenvalue weighted by atomic mass is 9.93. The smallest absolute Gasteiger partial charge is 0.329 e. The van der Waals surface area contributed by atoms with Gasteiger partial charge in [-0.15, -0.1) is 0 Å². The highest BCUT2D eigenvalue weighted by Crippen LogP contribution is 2.18. The number of aliphatic carboxylic acids is 1. The van der Waals surface area contributed by atoms with Gasteiger partial charge in [-0.1, -0.05) is 13.8 Å². The summed E-state index contributed by atoms with van der Waals surface area (Å²) in [7, 11) is 0. The van der Waals surface area contributed by atoms with Crippen LogP contribution in [0.15, 0.2) is 0 Å². The molecule has 1 aliphatic rings. The van der Waals surface area contributed by atoms with Crippen LogP contribution in [0, 0.1) is 0 Å². The van der Waals surface area contributed by atoms with E-state index in [0.717, 1.165) is 24.3 Å². The fourth-order valence-electron chi connectivity index (χ4n) is 2.06. The van der Waals surface area contributed by atoms with E-state index in [1.807, 2.05) is 11.8 Å². The second-order valence-electron chi connectivity index (χ2n) is 4.58. The van der Waals surface area contributed by atoms with Gasteiger partial charge in [-0.3, -0.25) is 0 Å². The molecule has 18 heavy (non-hydrogen) atoms. The quantitative estimate of drug-likeness (QED) is 0.714. The Balaban J connectivity index is 2.53. The van der Waals surface area contributed by atoms with Crippen LogP contribution in [0.5, 0.6) is 0 Å². The first-order valence-electron chi connectivity index (χ1n) is 6.44. The van der Waals surface area contributed by atoms with E-state index in [9.17, 15) is 14.7 Å². The third-order valence-corrected chi connectivity index (χ3v) is 4.57. The predicted octanol–water partition coefficient (Wildman–Crippen LogP) is 1.82. The van der Waals surface area contributed by atoms with Crippen molar-refractivity contribution in [3.63, 3.8) is 0 Å². The fourth-order valence-corrected chi connectivity index (χ4v) is 3.17.